The molecule has 1 heterocycles. The number of nitrogens with zero attached hydrogens (tertiary/aromatic N) is 1. The fourth-order valence-corrected chi connectivity index (χ4v) is 3.03. The van der Waals surface area contributed by atoms with Crippen LogP contribution in [0.1, 0.15) is 16.9 Å². The third-order valence-electron chi connectivity index (χ3n) is 2.59. The van der Waals surface area contributed by atoms with Gasteiger partial charge in [-0.2, -0.15) is 0 Å². The molecule has 116 valence electrons. The van der Waals surface area contributed by atoms with Crippen molar-refractivity contribution >= 4 is 51.1 Å². The van der Waals surface area contributed by atoms with Crippen molar-refractivity contribution in [2.75, 3.05) is 25.6 Å². The average Bonchev–Trinajstić information content (AvgIpc) is 2.73. The quantitative estimate of drug-likeness (QED) is 0.312. The molecule has 0 radical (unpaired) electrons. The number of sulfone groups is 1. The first-order valence-electron chi connectivity index (χ1n) is 6.07. The Morgan fingerprint density at radius 3 is 2.60 bits per heavy atom. The van der Waals surface area contributed by atoms with Gasteiger partial charge in [0, 0.05) is 24.7 Å². The van der Waals surface area contributed by atoms with Crippen molar-refractivity contribution < 1.29 is 8.42 Å². The maximum Gasteiger partial charge on any atom is 0.191 e. The minimum Gasteiger partial charge on any atom is -0.356 e. The van der Waals surface area contributed by atoms with Gasteiger partial charge in [0.25, 0.3) is 0 Å². The van der Waals surface area contributed by atoms with Crippen LogP contribution in [0, 0.1) is 6.92 Å². The van der Waals surface area contributed by atoms with Gasteiger partial charge < -0.3 is 10.6 Å². The zero-order valence-electron chi connectivity index (χ0n) is 12.0. The first-order valence-corrected chi connectivity index (χ1v) is 9.01. The number of nitrogens with one attached hydrogen (secondary N) is 2. The second kappa shape index (κ2) is 9.56. The molecule has 0 aliphatic heterocycles. The molecule has 1 aromatic heterocycles. The molecule has 8 heteroatoms. The van der Waals surface area contributed by atoms with Crippen molar-refractivity contribution in [3.63, 3.8) is 0 Å². The van der Waals surface area contributed by atoms with E-state index in [0.717, 1.165) is 6.54 Å². The average molecular weight is 431 g/mol. The highest BCUT2D eigenvalue weighted by Crippen LogP contribution is 2.14. The van der Waals surface area contributed by atoms with E-state index in [1.54, 1.807) is 18.4 Å². The van der Waals surface area contributed by atoms with E-state index in [1.807, 2.05) is 0 Å². The fourth-order valence-electron chi connectivity index (χ4n) is 1.51. The van der Waals surface area contributed by atoms with Crippen LogP contribution in [0.5, 0.6) is 0 Å². The van der Waals surface area contributed by atoms with Crippen LogP contribution in [-0.2, 0) is 16.4 Å². The summed E-state index contributed by atoms with van der Waals surface area (Å²) in [4.78, 5) is 5.38. The number of aliphatic imine (C=N–C) groups is 1. The molecule has 0 aliphatic rings. The van der Waals surface area contributed by atoms with E-state index in [-0.39, 0.29) is 29.7 Å². The third-order valence-corrected chi connectivity index (χ3v) is 4.65. The zero-order valence-corrected chi connectivity index (χ0v) is 15.9. The van der Waals surface area contributed by atoms with Crippen molar-refractivity contribution in [3.05, 3.63) is 21.9 Å². The Labute approximate surface area is 142 Å². The minimum atomic E-state index is -2.88. The molecule has 0 amide bonds. The van der Waals surface area contributed by atoms with Crippen LogP contribution in [0.15, 0.2) is 16.4 Å². The van der Waals surface area contributed by atoms with Crippen molar-refractivity contribution in [3.8, 4) is 0 Å². The molecule has 0 unspecified atom stereocenters. The van der Waals surface area contributed by atoms with Gasteiger partial charge in [0.05, 0.1) is 12.3 Å². The molecule has 0 fully saturated rings. The smallest absolute Gasteiger partial charge is 0.191 e. The van der Waals surface area contributed by atoms with Crippen LogP contribution in [0.3, 0.4) is 0 Å². The molecule has 5 nitrogen and oxygen atoms in total. The number of hydrogen-bond acceptors (Lipinski definition) is 4. The van der Waals surface area contributed by atoms with E-state index in [0.29, 0.717) is 18.9 Å². The topological polar surface area (TPSA) is 70.6 Å². The molecular formula is C12H22IN3O2S2. The fraction of sp³-hybridized carbons (Fsp3) is 0.583. The van der Waals surface area contributed by atoms with E-state index < -0.39 is 9.84 Å². The molecule has 0 aliphatic carbocycles. The molecule has 0 aromatic carbocycles. The Balaban J connectivity index is 0.00000361. The van der Waals surface area contributed by atoms with Gasteiger partial charge in [0.1, 0.15) is 9.84 Å². The number of rotatable bonds is 6. The predicted octanol–water partition coefficient (Wildman–Crippen LogP) is 1.77. The monoisotopic (exact) mass is 431 g/mol. The van der Waals surface area contributed by atoms with Gasteiger partial charge >= 0.3 is 0 Å². The van der Waals surface area contributed by atoms with Gasteiger partial charge in [-0.15, -0.1) is 35.3 Å². The third kappa shape index (κ3) is 8.05. The Morgan fingerprint density at radius 1 is 1.40 bits per heavy atom. The Hall–Kier alpha value is -0.350. The molecule has 0 saturated heterocycles. The summed E-state index contributed by atoms with van der Waals surface area (Å²) in [5.74, 6) is 0.891. The highest BCUT2D eigenvalue weighted by molar-refractivity contribution is 14.0. The van der Waals surface area contributed by atoms with Crippen LogP contribution in [0.25, 0.3) is 0 Å². The summed E-state index contributed by atoms with van der Waals surface area (Å²) >= 11 is 1.71. The molecule has 2 N–H and O–H groups in total. The Morgan fingerprint density at radius 2 is 2.10 bits per heavy atom. The lowest BCUT2D eigenvalue weighted by Gasteiger charge is -2.11. The predicted molar refractivity (Wildman–Crippen MR) is 97.0 cm³/mol. The summed E-state index contributed by atoms with van der Waals surface area (Å²) in [5.41, 5.74) is 1.27. The highest BCUT2D eigenvalue weighted by atomic mass is 127. The first-order chi connectivity index (χ1) is 8.92. The number of thiophene rings is 1. The Kier molecular flexibility index (Phi) is 9.39. The lowest BCUT2D eigenvalue weighted by molar-refractivity contribution is 0.598. The van der Waals surface area contributed by atoms with Crippen LogP contribution in [0.2, 0.25) is 0 Å². The van der Waals surface area contributed by atoms with Gasteiger partial charge in [-0.25, -0.2) is 8.42 Å². The van der Waals surface area contributed by atoms with E-state index in [2.05, 4.69) is 34.0 Å². The van der Waals surface area contributed by atoms with Crippen molar-refractivity contribution in [2.24, 2.45) is 4.99 Å². The summed E-state index contributed by atoms with van der Waals surface area (Å²) in [7, 11) is -1.18. The standard InChI is InChI=1S/C12H21N3O2S2.HI/c1-10-5-7-18-11(10)9-15-12(13-2)14-6-4-8-19(3,16)17;/h5,7H,4,6,8-9H2,1-3H3,(H2,13,14,15);1H. The van der Waals surface area contributed by atoms with E-state index in [9.17, 15) is 8.42 Å². The summed E-state index contributed by atoms with van der Waals surface area (Å²) in [6.45, 7) is 3.40. The van der Waals surface area contributed by atoms with Gasteiger partial charge in [-0.05, 0) is 30.4 Å². The van der Waals surface area contributed by atoms with Crippen LogP contribution in [-0.4, -0.2) is 40.0 Å². The number of aryl methyl sites for hydroxylation is 1. The first kappa shape index (κ1) is 19.7. The van der Waals surface area contributed by atoms with E-state index in [4.69, 9.17) is 0 Å². The van der Waals surface area contributed by atoms with Gasteiger partial charge in [-0.3, -0.25) is 4.99 Å². The van der Waals surface area contributed by atoms with Crippen molar-refractivity contribution in [1.29, 1.82) is 0 Å². The van der Waals surface area contributed by atoms with Crippen molar-refractivity contribution in [1.82, 2.24) is 10.6 Å². The van der Waals surface area contributed by atoms with Gasteiger partial charge in [0.15, 0.2) is 5.96 Å². The molecule has 0 spiro atoms. The number of halogens is 1. The van der Waals surface area contributed by atoms with Crippen LogP contribution >= 0.6 is 35.3 Å². The summed E-state index contributed by atoms with van der Waals surface area (Å²) in [6, 6.07) is 2.09. The minimum absolute atomic E-state index is 0. The summed E-state index contributed by atoms with van der Waals surface area (Å²) in [5, 5.41) is 8.38. The molecule has 1 rings (SSSR count). The van der Waals surface area contributed by atoms with Crippen molar-refractivity contribution in [2.45, 2.75) is 19.9 Å². The molecule has 0 atom stereocenters. The molecule has 20 heavy (non-hydrogen) atoms. The van der Waals surface area contributed by atoms with Crippen LogP contribution in [0.4, 0.5) is 0 Å². The van der Waals surface area contributed by atoms with Gasteiger partial charge in [0.2, 0.25) is 0 Å². The van der Waals surface area contributed by atoms with E-state index >= 15 is 0 Å². The number of guanidine groups is 1. The highest BCUT2D eigenvalue weighted by Gasteiger charge is 2.04. The number of hydrogen-bond donors (Lipinski definition) is 2. The Bertz CT molecular complexity index is 527. The second-order valence-corrected chi connectivity index (χ2v) is 7.62. The lowest BCUT2D eigenvalue weighted by atomic mass is 10.3. The normalized spacial score (nSPS) is 11.8. The second-order valence-electron chi connectivity index (χ2n) is 4.36. The lowest BCUT2D eigenvalue weighted by Crippen LogP contribution is -2.37. The molecule has 0 bridgehead atoms. The molecule has 0 saturated carbocycles. The SMILES string of the molecule is CN=C(NCCCS(C)(=O)=O)NCc1sccc1C.I. The maximum absolute atomic E-state index is 11.0. The zero-order chi connectivity index (χ0) is 14.3. The largest absolute Gasteiger partial charge is 0.356 e. The van der Waals surface area contributed by atoms with E-state index in [1.165, 1.54) is 16.7 Å². The molecular weight excluding hydrogens is 409 g/mol. The maximum atomic E-state index is 11.0. The summed E-state index contributed by atoms with van der Waals surface area (Å²) in [6.07, 6.45) is 1.83. The van der Waals surface area contributed by atoms with Gasteiger partial charge in [-0.1, -0.05) is 0 Å². The molecule has 1 aromatic rings. The van der Waals surface area contributed by atoms with Crippen LogP contribution < -0.4 is 10.6 Å². The summed E-state index contributed by atoms with van der Waals surface area (Å²) < 4.78 is 22.0.